The minimum absolute atomic E-state index is 0.0402. The zero-order valence-electron chi connectivity index (χ0n) is 13.9. The Morgan fingerprint density at radius 2 is 2.16 bits per heavy atom. The Labute approximate surface area is 143 Å². The van der Waals surface area contributed by atoms with Crippen molar-refractivity contribution >= 4 is 17.3 Å². The second-order valence-electron chi connectivity index (χ2n) is 6.06. The van der Waals surface area contributed by atoms with Crippen LogP contribution in [0.5, 0.6) is 0 Å². The number of aromatic nitrogens is 3. The Hall–Kier alpha value is -3.01. The van der Waals surface area contributed by atoms with Gasteiger partial charge in [0.05, 0.1) is 16.8 Å². The first-order valence-electron chi connectivity index (χ1n) is 7.76. The van der Waals surface area contributed by atoms with Gasteiger partial charge in [-0.3, -0.25) is 10.1 Å². The lowest BCUT2D eigenvalue weighted by atomic mass is 10.1. The van der Waals surface area contributed by atoms with Gasteiger partial charge in [0.25, 0.3) is 5.69 Å². The molecule has 1 unspecified atom stereocenters. The van der Waals surface area contributed by atoms with E-state index < -0.39 is 10.9 Å². The molecule has 0 saturated carbocycles. The molecule has 10 nitrogen and oxygen atoms in total. The Morgan fingerprint density at radius 3 is 2.76 bits per heavy atom. The van der Waals surface area contributed by atoms with Crippen molar-refractivity contribution in [2.24, 2.45) is 0 Å². The molecule has 0 radical (unpaired) electrons. The molecule has 3 rings (SSSR count). The van der Waals surface area contributed by atoms with Gasteiger partial charge < -0.3 is 14.9 Å². The number of hydrogen-bond acceptors (Lipinski definition) is 7. The van der Waals surface area contributed by atoms with Crippen LogP contribution in [-0.2, 0) is 0 Å². The van der Waals surface area contributed by atoms with Crippen LogP contribution in [0.4, 0.5) is 11.4 Å². The van der Waals surface area contributed by atoms with Crippen molar-refractivity contribution in [3.63, 3.8) is 0 Å². The van der Waals surface area contributed by atoms with Gasteiger partial charge in [-0.15, -0.1) is 5.10 Å². The molecule has 0 bridgehead atoms. The number of hydrogen-bond donors (Lipinski definition) is 1. The fourth-order valence-corrected chi connectivity index (χ4v) is 2.82. The molecule has 1 fully saturated rings. The molecule has 1 aliphatic rings. The number of likely N-dealkylation sites (N-methyl/N-ethyl adjacent to an activating group) is 1. The van der Waals surface area contributed by atoms with Gasteiger partial charge >= 0.3 is 5.97 Å². The van der Waals surface area contributed by atoms with Gasteiger partial charge in [-0.05, 0) is 26.1 Å². The summed E-state index contributed by atoms with van der Waals surface area (Å²) in [6.45, 7) is 4.30. The van der Waals surface area contributed by atoms with E-state index in [0.29, 0.717) is 30.5 Å². The quantitative estimate of drug-likeness (QED) is 0.644. The fourth-order valence-electron chi connectivity index (χ4n) is 2.82. The molecule has 0 aliphatic carbocycles. The summed E-state index contributed by atoms with van der Waals surface area (Å²) in [6.07, 6.45) is 1.22. The predicted octanol–water partition coefficient (Wildman–Crippen LogP) is 1.01. The molecule has 10 heteroatoms. The lowest BCUT2D eigenvalue weighted by molar-refractivity contribution is -0.384. The van der Waals surface area contributed by atoms with Crippen molar-refractivity contribution in [3.05, 3.63) is 40.2 Å². The first-order chi connectivity index (χ1) is 11.9. The lowest BCUT2D eigenvalue weighted by Gasteiger charge is -2.38. The highest BCUT2D eigenvalue weighted by atomic mass is 16.6. The number of nitro groups is 1. The molecular weight excluding hydrogens is 328 g/mol. The summed E-state index contributed by atoms with van der Waals surface area (Å²) in [5.74, 6) is -1.20. The maximum Gasteiger partial charge on any atom is 0.358 e. The van der Waals surface area contributed by atoms with E-state index >= 15 is 0 Å². The van der Waals surface area contributed by atoms with Crippen LogP contribution in [0.1, 0.15) is 17.4 Å². The summed E-state index contributed by atoms with van der Waals surface area (Å²) >= 11 is 0. The summed E-state index contributed by atoms with van der Waals surface area (Å²) in [7, 11) is 2.03. The largest absolute Gasteiger partial charge is 0.476 e. The van der Waals surface area contributed by atoms with Crippen molar-refractivity contribution in [1.29, 1.82) is 0 Å². The Morgan fingerprint density at radius 1 is 1.40 bits per heavy atom. The van der Waals surface area contributed by atoms with Crippen LogP contribution in [0.3, 0.4) is 0 Å². The summed E-state index contributed by atoms with van der Waals surface area (Å²) in [6, 6.07) is 5.03. The van der Waals surface area contributed by atoms with Crippen LogP contribution >= 0.6 is 0 Å². The van der Waals surface area contributed by atoms with Gasteiger partial charge in [0.2, 0.25) is 0 Å². The standard InChI is InChI=1S/C15H18N6O4/c1-10-8-19(6-5-18(10)2)13-4-3-11(7-14(13)21(24)25)20-9-12(15(22)23)16-17-20/h3-4,7,9-10H,5-6,8H2,1-2H3,(H,22,23). The third-order valence-electron chi connectivity index (χ3n) is 4.43. The van der Waals surface area contributed by atoms with E-state index in [9.17, 15) is 14.9 Å². The molecule has 0 amide bonds. The van der Waals surface area contributed by atoms with Crippen LogP contribution in [-0.4, -0.2) is 68.6 Å². The van der Waals surface area contributed by atoms with E-state index in [1.807, 2.05) is 11.9 Å². The van der Waals surface area contributed by atoms with Crippen LogP contribution in [0.2, 0.25) is 0 Å². The average molecular weight is 346 g/mol. The van der Waals surface area contributed by atoms with E-state index in [2.05, 4.69) is 22.1 Å². The first kappa shape index (κ1) is 16.8. The Balaban J connectivity index is 1.95. The molecule has 0 spiro atoms. The number of carbonyl (C=O) groups is 1. The van der Waals surface area contributed by atoms with Crippen molar-refractivity contribution in [3.8, 4) is 5.69 Å². The maximum atomic E-state index is 11.5. The minimum atomic E-state index is -1.20. The molecule has 2 heterocycles. The van der Waals surface area contributed by atoms with Crippen LogP contribution in [0, 0.1) is 10.1 Å². The Kier molecular flexibility index (Phi) is 4.36. The molecule has 2 aromatic rings. The number of nitrogens with zero attached hydrogens (tertiary/aromatic N) is 6. The minimum Gasteiger partial charge on any atom is -0.476 e. The maximum absolute atomic E-state index is 11.5. The first-order valence-corrected chi connectivity index (χ1v) is 7.76. The molecule has 1 aliphatic heterocycles. The monoisotopic (exact) mass is 346 g/mol. The van der Waals surface area contributed by atoms with Crippen LogP contribution in [0.25, 0.3) is 5.69 Å². The van der Waals surface area contributed by atoms with Crippen molar-refractivity contribution < 1.29 is 14.8 Å². The molecule has 1 atom stereocenters. The number of piperazine rings is 1. The van der Waals surface area contributed by atoms with E-state index in [1.54, 1.807) is 12.1 Å². The van der Waals surface area contributed by atoms with Gasteiger partial charge in [-0.2, -0.15) is 0 Å². The molecule has 1 saturated heterocycles. The van der Waals surface area contributed by atoms with Gasteiger partial charge in [0.15, 0.2) is 5.69 Å². The van der Waals surface area contributed by atoms with Crippen molar-refractivity contribution in [2.45, 2.75) is 13.0 Å². The fraction of sp³-hybridized carbons (Fsp3) is 0.400. The average Bonchev–Trinajstić information content (AvgIpc) is 3.07. The normalized spacial score (nSPS) is 18.3. The Bertz CT molecular complexity index is 820. The molecular formula is C15H18N6O4. The molecule has 132 valence electrons. The number of carboxylic acids is 1. The summed E-state index contributed by atoms with van der Waals surface area (Å²) in [5, 5.41) is 27.7. The van der Waals surface area contributed by atoms with Crippen LogP contribution in [0.15, 0.2) is 24.4 Å². The number of aromatic carboxylic acids is 1. The summed E-state index contributed by atoms with van der Waals surface area (Å²) in [4.78, 5) is 26.2. The van der Waals surface area contributed by atoms with E-state index in [0.717, 1.165) is 6.54 Å². The summed E-state index contributed by atoms with van der Waals surface area (Å²) < 4.78 is 1.22. The van der Waals surface area contributed by atoms with Gasteiger partial charge in [0.1, 0.15) is 5.69 Å². The molecule has 1 aromatic carbocycles. The van der Waals surface area contributed by atoms with E-state index in [4.69, 9.17) is 5.11 Å². The third-order valence-corrected chi connectivity index (χ3v) is 4.43. The SMILES string of the molecule is CC1CN(c2ccc(-n3cc(C(=O)O)nn3)cc2[N+](=O)[O-])CCN1C. The second-order valence-corrected chi connectivity index (χ2v) is 6.06. The van der Waals surface area contributed by atoms with E-state index in [-0.39, 0.29) is 11.4 Å². The number of anilines is 1. The highest BCUT2D eigenvalue weighted by molar-refractivity contribution is 5.84. The zero-order chi connectivity index (χ0) is 18.1. The second kappa shape index (κ2) is 6.48. The highest BCUT2D eigenvalue weighted by Gasteiger charge is 2.26. The predicted molar refractivity (Wildman–Crippen MR) is 89.3 cm³/mol. The molecule has 1 aromatic heterocycles. The van der Waals surface area contributed by atoms with Gasteiger partial charge in [0, 0.05) is 31.7 Å². The highest BCUT2D eigenvalue weighted by Crippen LogP contribution is 2.31. The summed E-state index contributed by atoms with van der Waals surface area (Å²) in [5.41, 5.74) is 0.672. The van der Waals surface area contributed by atoms with Gasteiger partial charge in [-0.25, -0.2) is 9.48 Å². The topological polar surface area (TPSA) is 118 Å². The molecule has 25 heavy (non-hydrogen) atoms. The smallest absolute Gasteiger partial charge is 0.358 e. The lowest BCUT2D eigenvalue weighted by Crippen LogP contribution is -2.50. The van der Waals surface area contributed by atoms with Crippen molar-refractivity contribution in [1.82, 2.24) is 19.9 Å². The molecule has 1 N–H and O–H groups in total. The third kappa shape index (κ3) is 3.29. The zero-order valence-corrected chi connectivity index (χ0v) is 13.9. The number of carboxylic acid groups (broad SMARTS) is 1. The van der Waals surface area contributed by atoms with Crippen molar-refractivity contribution in [2.75, 3.05) is 31.6 Å². The van der Waals surface area contributed by atoms with E-state index in [1.165, 1.54) is 16.9 Å². The van der Waals surface area contributed by atoms with Crippen LogP contribution < -0.4 is 4.90 Å². The number of benzene rings is 1. The number of rotatable bonds is 4. The van der Waals surface area contributed by atoms with Gasteiger partial charge in [-0.1, -0.05) is 5.21 Å². The number of nitro benzene ring substituents is 1.